The van der Waals surface area contributed by atoms with E-state index in [0.29, 0.717) is 17.1 Å². The second kappa shape index (κ2) is 15.3. The molecule has 0 spiro atoms. The van der Waals surface area contributed by atoms with Crippen LogP contribution in [0.25, 0.3) is 0 Å². The van der Waals surface area contributed by atoms with Crippen LogP contribution in [0.5, 0.6) is 11.5 Å². The molecule has 2 aromatic carbocycles. The summed E-state index contributed by atoms with van der Waals surface area (Å²) in [6, 6.07) is 12.7. The Hall–Kier alpha value is -2.57. The van der Waals surface area contributed by atoms with Crippen LogP contribution < -0.4 is 9.47 Å². The standard InChI is InChI=1S/C23H29NO5.2C2H6/c1-28-20-5-3-4-19(22(20)29-2)21(25)17-11-14-24(15-12-17)13-10-16-6-8-18(9-7-16)23(26)27;2*1-2/h3-9,17,21,25H,10-15H2,1-2H3,(H,26,27);2*1-2H3. The fourth-order valence-corrected chi connectivity index (χ4v) is 3.99. The van der Waals surface area contributed by atoms with Crippen LogP contribution >= 0.6 is 0 Å². The first kappa shape index (κ1) is 28.5. The van der Waals surface area contributed by atoms with E-state index in [4.69, 9.17) is 14.6 Å². The zero-order chi connectivity index (χ0) is 24.8. The quantitative estimate of drug-likeness (QED) is 0.547. The summed E-state index contributed by atoms with van der Waals surface area (Å²) in [5.74, 6) is 0.525. The molecule has 2 N–H and O–H groups in total. The molecule has 0 radical (unpaired) electrons. The number of hydrogen-bond donors (Lipinski definition) is 2. The Balaban J connectivity index is 0.00000129. The van der Waals surface area contributed by atoms with Crippen LogP contribution in [0.15, 0.2) is 42.5 Å². The fourth-order valence-electron chi connectivity index (χ4n) is 3.99. The molecule has 1 unspecified atom stereocenters. The largest absolute Gasteiger partial charge is 0.493 e. The summed E-state index contributed by atoms with van der Waals surface area (Å²) in [7, 11) is 3.20. The molecule has 1 fully saturated rings. The van der Waals surface area contributed by atoms with Crippen molar-refractivity contribution in [3.05, 3.63) is 59.2 Å². The summed E-state index contributed by atoms with van der Waals surface area (Å²) in [6.45, 7) is 10.8. The van der Waals surface area contributed by atoms with Crippen LogP contribution in [0.4, 0.5) is 0 Å². The van der Waals surface area contributed by atoms with E-state index in [0.717, 1.165) is 50.0 Å². The number of hydrogen-bond acceptors (Lipinski definition) is 5. The van der Waals surface area contributed by atoms with Gasteiger partial charge in [-0.1, -0.05) is 52.0 Å². The molecule has 0 saturated carbocycles. The van der Waals surface area contributed by atoms with Gasteiger partial charge in [0, 0.05) is 12.1 Å². The van der Waals surface area contributed by atoms with Crippen molar-refractivity contribution >= 4 is 5.97 Å². The highest BCUT2D eigenvalue weighted by molar-refractivity contribution is 5.87. The average molecular weight is 460 g/mol. The molecule has 6 heteroatoms. The second-order valence-electron chi connectivity index (χ2n) is 7.46. The Kier molecular flexibility index (Phi) is 13.2. The van der Waals surface area contributed by atoms with Crippen molar-refractivity contribution in [2.45, 2.75) is 53.1 Å². The molecule has 1 aliphatic heterocycles. The van der Waals surface area contributed by atoms with Crippen molar-refractivity contribution in [1.82, 2.24) is 4.90 Å². The number of aliphatic hydroxyl groups excluding tert-OH is 1. The molecule has 1 aliphatic rings. The maximum Gasteiger partial charge on any atom is 0.335 e. The first-order valence-electron chi connectivity index (χ1n) is 12.0. The molecule has 0 bridgehead atoms. The van der Waals surface area contributed by atoms with Crippen LogP contribution in [-0.2, 0) is 6.42 Å². The number of carboxylic acids is 1. The summed E-state index contributed by atoms with van der Waals surface area (Å²) < 4.78 is 10.8. The lowest BCUT2D eigenvalue weighted by atomic mass is 9.87. The van der Waals surface area contributed by atoms with Crippen LogP contribution in [0.1, 0.15) is 68.1 Å². The number of ether oxygens (including phenoxy) is 2. The second-order valence-corrected chi connectivity index (χ2v) is 7.46. The molecule has 184 valence electrons. The van der Waals surface area contributed by atoms with Crippen molar-refractivity contribution in [3.8, 4) is 11.5 Å². The number of rotatable bonds is 8. The molecule has 0 aromatic heterocycles. The zero-order valence-corrected chi connectivity index (χ0v) is 21.0. The average Bonchev–Trinajstić information content (AvgIpc) is 2.89. The van der Waals surface area contributed by atoms with Gasteiger partial charge in [-0.05, 0) is 62.0 Å². The third-order valence-electron chi connectivity index (χ3n) is 5.75. The van der Waals surface area contributed by atoms with Gasteiger partial charge in [0.15, 0.2) is 11.5 Å². The van der Waals surface area contributed by atoms with Gasteiger partial charge in [0.2, 0.25) is 0 Å². The summed E-state index contributed by atoms with van der Waals surface area (Å²) in [4.78, 5) is 13.3. The highest BCUT2D eigenvalue weighted by atomic mass is 16.5. The third-order valence-corrected chi connectivity index (χ3v) is 5.75. The van der Waals surface area contributed by atoms with Crippen molar-refractivity contribution in [3.63, 3.8) is 0 Å². The van der Waals surface area contributed by atoms with E-state index in [1.807, 2.05) is 58.0 Å². The molecule has 1 atom stereocenters. The fraction of sp³-hybridized carbons (Fsp3) is 0.519. The monoisotopic (exact) mass is 459 g/mol. The minimum atomic E-state index is -0.898. The third kappa shape index (κ3) is 8.06. The molecular formula is C27H41NO5. The van der Waals surface area contributed by atoms with E-state index in [2.05, 4.69) is 4.90 Å². The summed E-state index contributed by atoms with van der Waals surface area (Å²) in [5.41, 5.74) is 2.23. The number of likely N-dealkylation sites (tertiary alicyclic amines) is 1. The number of piperidine rings is 1. The Morgan fingerprint density at radius 2 is 1.61 bits per heavy atom. The molecule has 33 heavy (non-hydrogen) atoms. The minimum absolute atomic E-state index is 0.183. The van der Waals surface area contributed by atoms with Crippen LogP contribution in [0.2, 0.25) is 0 Å². The van der Waals surface area contributed by atoms with Gasteiger partial charge in [0.1, 0.15) is 0 Å². The number of carboxylic acid groups (broad SMARTS) is 1. The lowest BCUT2D eigenvalue weighted by Crippen LogP contribution is -2.36. The number of benzene rings is 2. The Bertz CT molecular complexity index is 814. The van der Waals surface area contributed by atoms with Crippen molar-refractivity contribution < 1.29 is 24.5 Å². The molecule has 1 saturated heterocycles. The first-order chi connectivity index (χ1) is 16.0. The van der Waals surface area contributed by atoms with Crippen LogP contribution in [0.3, 0.4) is 0 Å². The van der Waals surface area contributed by atoms with Gasteiger partial charge < -0.3 is 24.6 Å². The number of aliphatic hydroxyl groups is 1. The van der Waals surface area contributed by atoms with Crippen molar-refractivity contribution in [2.75, 3.05) is 33.9 Å². The zero-order valence-electron chi connectivity index (χ0n) is 21.0. The number of nitrogens with zero attached hydrogens (tertiary/aromatic N) is 1. The first-order valence-corrected chi connectivity index (χ1v) is 12.0. The van der Waals surface area contributed by atoms with Gasteiger partial charge in [0.25, 0.3) is 0 Å². The lowest BCUT2D eigenvalue weighted by molar-refractivity contribution is 0.0572. The summed E-state index contributed by atoms with van der Waals surface area (Å²) >= 11 is 0. The van der Waals surface area contributed by atoms with Gasteiger partial charge >= 0.3 is 5.97 Å². The lowest BCUT2D eigenvalue weighted by Gasteiger charge is -2.34. The van der Waals surface area contributed by atoms with E-state index in [1.165, 1.54) is 0 Å². The van der Waals surface area contributed by atoms with E-state index < -0.39 is 12.1 Å². The Morgan fingerprint density at radius 1 is 1.00 bits per heavy atom. The number of methoxy groups -OCH3 is 2. The van der Waals surface area contributed by atoms with Gasteiger partial charge in [-0.2, -0.15) is 0 Å². The van der Waals surface area contributed by atoms with Crippen LogP contribution in [-0.4, -0.2) is 54.9 Å². The Labute approximate surface area is 199 Å². The van der Waals surface area contributed by atoms with E-state index >= 15 is 0 Å². The summed E-state index contributed by atoms with van der Waals surface area (Å²) in [6.07, 6.45) is 2.14. The SMILES string of the molecule is CC.CC.COc1cccc(C(O)C2CCN(CCc3ccc(C(=O)O)cc3)CC2)c1OC. The van der Waals surface area contributed by atoms with E-state index in [9.17, 15) is 9.90 Å². The van der Waals surface area contributed by atoms with Crippen LogP contribution in [0, 0.1) is 5.92 Å². The molecular weight excluding hydrogens is 418 g/mol. The predicted octanol–water partition coefficient (Wildman–Crippen LogP) is 5.44. The van der Waals surface area contributed by atoms with Gasteiger partial charge in [-0.25, -0.2) is 4.79 Å². The predicted molar refractivity (Wildman–Crippen MR) is 133 cm³/mol. The molecule has 3 rings (SSSR count). The minimum Gasteiger partial charge on any atom is -0.493 e. The van der Waals surface area contributed by atoms with Gasteiger partial charge in [-0.3, -0.25) is 0 Å². The molecule has 2 aromatic rings. The van der Waals surface area contributed by atoms with Crippen molar-refractivity contribution in [1.29, 1.82) is 0 Å². The van der Waals surface area contributed by atoms with E-state index in [-0.39, 0.29) is 5.92 Å². The smallest absolute Gasteiger partial charge is 0.335 e. The normalized spacial score (nSPS) is 14.8. The van der Waals surface area contributed by atoms with Gasteiger partial charge in [-0.15, -0.1) is 0 Å². The number of aromatic carboxylic acids is 1. The van der Waals surface area contributed by atoms with Crippen molar-refractivity contribution in [2.24, 2.45) is 5.92 Å². The maximum atomic E-state index is 10.9. The number of carbonyl (C=O) groups is 1. The molecule has 6 nitrogen and oxygen atoms in total. The van der Waals surface area contributed by atoms with Gasteiger partial charge in [0.05, 0.1) is 25.9 Å². The molecule has 1 heterocycles. The molecule has 0 amide bonds. The Morgan fingerprint density at radius 3 is 2.12 bits per heavy atom. The molecule has 0 aliphatic carbocycles. The topological polar surface area (TPSA) is 79.2 Å². The van der Waals surface area contributed by atoms with E-state index in [1.54, 1.807) is 26.4 Å². The highest BCUT2D eigenvalue weighted by Crippen LogP contribution is 2.39. The highest BCUT2D eigenvalue weighted by Gasteiger charge is 2.28. The maximum absolute atomic E-state index is 10.9. The summed E-state index contributed by atoms with van der Waals surface area (Å²) in [5, 5.41) is 19.9. The number of para-hydroxylation sites is 1.